The molecule has 2 aliphatic rings. The number of hydrogen-bond acceptors (Lipinski definition) is 7. The first-order valence-electron chi connectivity index (χ1n) is 10.9. The van der Waals surface area contributed by atoms with Crippen LogP contribution in [0.5, 0.6) is 5.75 Å². The standard InChI is InChI=1S/C23H28N6O3/c1-3-23(4-2)12-20(30)29(22(24)27-23)14-16-11-15(13-25-28-16)21(31)26-18-9-10-32-19-8-6-5-7-17(18)19/h5-8,11,13,18H,3-4,9-10,12,14H2,1-2H3,(H2,24,27)(H,26,31)/t18-/m0/s1. The third kappa shape index (κ3) is 4.28. The Morgan fingerprint density at radius 2 is 2.09 bits per heavy atom. The number of benzene rings is 1. The highest BCUT2D eigenvalue weighted by atomic mass is 16.5. The number of rotatable bonds is 6. The number of nitrogens with two attached hydrogens (primary N) is 1. The Balaban J connectivity index is 1.49. The summed E-state index contributed by atoms with van der Waals surface area (Å²) in [7, 11) is 0. The highest BCUT2D eigenvalue weighted by Crippen LogP contribution is 2.32. The Morgan fingerprint density at radius 1 is 1.31 bits per heavy atom. The molecule has 0 aliphatic carbocycles. The Labute approximate surface area is 187 Å². The lowest BCUT2D eigenvalue weighted by Crippen LogP contribution is -2.50. The molecule has 1 aromatic heterocycles. The SMILES string of the molecule is CCC1(CC)CC(=O)N(Cc2cc(C(=O)N[C@H]3CCOc4ccccc43)cnn2)C(N)=N1. The first-order chi connectivity index (χ1) is 15.4. The van der Waals surface area contributed by atoms with Crippen molar-refractivity contribution >= 4 is 17.8 Å². The summed E-state index contributed by atoms with van der Waals surface area (Å²) in [5, 5.41) is 11.1. The predicted molar refractivity (Wildman–Crippen MR) is 119 cm³/mol. The molecule has 1 atom stereocenters. The normalized spacial score (nSPS) is 19.6. The van der Waals surface area contributed by atoms with Gasteiger partial charge in [0.05, 0.1) is 48.6 Å². The first-order valence-corrected chi connectivity index (χ1v) is 10.9. The summed E-state index contributed by atoms with van der Waals surface area (Å²) in [5.74, 6) is 0.605. The number of carbonyl (C=O) groups is 2. The van der Waals surface area contributed by atoms with Gasteiger partial charge in [-0.05, 0) is 25.0 Å². The summed E-state index contributed by atoms with van der Waals surface area (Å²) < 4.78 is 5.66. The molecule has 3 N–H and O–H groups in total. The fraction of sp³-hybridized carbons (Fsp3) is 0.435. The molecule has 2 amide bonds. The van der Waals surface area contributed by atoms with E-state index in [4.69, 9.17) is 10.5 Å². The zero-order chi connectivity index (χ0) is 22.7. The van der Waals surface area contributed by atoms with Crippen LogP contribution in [0.1, 0.15) is 67.2 Å². The van der Waals surface area contributed by atoms with Crippen LogP contribution in [0.25, 0.3) is 0 Å². The van der Waals surface area contributed by atoms with Crippen LogP contribution in [-0.4, -0.2) is 45.0 Å². The molecule has 4 rings (SSSR count). The van der Waals surface area contributed by atoms with Gasteiger partial charge >= 0.3 is 0 Å². The molecule has 0 saturated carbocycles. The van der Waals surface area contributed by atoms with Crippen LogP contribution in [0.3, 0.4) is 0 Å². The fourth-order valence-electron chi connectivity index (χ4n) is 4.18. The number of para-hydroxylation sites is 1. The van der Waals surface area contributed by atoms with Gasteiger partial charge in [-0.25, -0.2) is 4.99 Å². The van der Waals surface area contributed by atoms with Crippen LogP contribution in [0.15, 0.2) is 41.5 Å². The van der Waals surface area contributed by atoms with E-state index >= 15 is 0 Å². The van der Waals surface area contributed by atoms with Gasteiger partial charge in [0.1, 0.15) is 5.75 Å². The maximum atomic E-state index is 12.9. The van der Waals surface area contributed by atoms with Crippen molar-refractivity contribution in [2.45, 2.75) is 57.7 Å². The molecule has 3 heterocycles. The summed E-state index contributed by atoms with van der Waals surface area (Å²) in [6, 6.07) is 9.16. The smallest absolute Gasteiger partial charge is 0.253 e. The fourth-order valence-corrected chi connectivity index (χ4v) is 4.18. The van der Waals surface area contributed by atoms with Gasteiger partial charge in [0.15, 0.2) is 5.96 Å². The third-order valence-electron chi connectivity index (χ3n) is 6.28. The minimum Gasteiger partial charge on any atom is -0.493 e. The van der Waals surface area contributed by atoms with Crippen molar-refractivity contribution in [3.63, 3.8) is 0 Å². The number of ether oxygens (including phenoxy) is 1. The highest BCUT2D eigenvalue weighted by Gasteiger charge is 2.37. The Hall–Kier alpha value is -3.49. The number of fused-ring (bicyclic) bond motifs is 1. The summed E-state index contributed by atoms with van der Waals surface area (Å²) >= 11 is 0. The number of carbonyl (C=O) groups excluding carboxylic acids is 2. The van der Waals surface area contributed by atoms with Crippen molar-refractivity contribution in [3.8, 4) is 5.75 Å². The molecule has 0 unspecified atom stereocenters. The van der Waals surface area contributed by atoms with Crippen LogP contribution in [0.4, 0.5) is 0 Å². The van der Waals surface area contributed by atoms with Gasteiger partial charge in [0, 0.05) is 12.0 Å². The molecule has 0 spiro atoms. The topological polar surface area (TPSA) is 123 Å². The lowest BCUT2D eigenvalue weighted by atomic mass is 9.88. The summed E-state index contributed by atoms with van der Waals surface area (Å²) in [6.45, 7) is 4.67. The quantitative estimate of drug-likeness (QED) is 0.717. The van der Waals surface area contributed by atoms with Crippen molar-refractivity contribution in [1.29, 1.82) is 0 Å². The van der Waals surface area contributed by atoms with Crippen LogP contribution < -0.4 is 15.8 Å². The van der Waals surface area contributed by atoms with E-state index in [0.29, 0.717) is 30.7 Å². The van der Waals surface area contributed by atoms with E-state index in [9.17, 15) is 9.59 Å². The average molecular weight is 437 g/mol. The molecule has 2 aromatic rings. The van der Waals surface area contributed by atoms with Crippen molar-refractivity contribution in [3.05, 3.63) is 53.3 Å². The van der Waals surface area contributed by atoms with E-state index in [-0.39, 0.29) is 30.4 Å². The second-order valence-corrected chi connectivity index (χ2v) is 8.19. The second-order valence-electron chi connectivity index (χ2n) is 8.19. The minimum absolute atomic E-state index is 0.100. The number of aliphatic imine (C=N–C) groups is 1. The summed E-state index contributed by atoms with van der Waals surface area (Å²) in [5.41, 5.74) is 7.48. The number of aromatic nitrogens is 2. The van der Waals surface area contributed by atoms with Gasteiger partial charge in [-0.2, -0.15) is 10.2 Å². The number of nitrogens with one attached hydrogen (secondary N) is 1. The maximum Gasteiger partial charge on any atom is 0.253 e. The molecular weight excluding hydrogens is 408 g/mol. The van der Waals surface area contributed by atoms with Gasteiger partial charge in [-0.3, -0.25) is 14.5 Å². The predicted octanol–water partition coefficient (Wildman–Crippen LogP) is 2.34. The molecule has 0 bridgehead atoms. The van der Waals surface area contributed by atoms with Gasteiger partial charge in [-0.1, -0.05) is 32.0 Å². The van der Waals surface area contributed by atoms with Crippen LogP contribution in [0.2, 0.25) is 0 Å². The summed E-state index contributed by atoms with van der Waals surface area (Å²) in [4.78, 5) is 31.7. The molecular formula is C23H28N6O3. The minimum atomic E-state index is -0.439. The second kappa shape index (κ2) is 8.94. The van der Waals surface area contributed by atoms with E-state index in [1.54, 1.807) is 6.07 Å². The number of amides is 2. The highest BCUT2D eigenvalue weighted by molar-refractivity contribution is 5.99. The van der Waals surface area contributed by atoms with Crippen molar-refractivity contribution < 1.29 is 14.3 Å². The van der Waals surface area contributed by atoms with E-state index in [1.165, 1.54) is 11.1 Å². The molecule has 0 saturated heterocycles. The zero-order valence-electron chi connectivity index (χ0n) is 18.4. The maximum absolute atomic E-state index is 12.9. The van der Waals surface area contributed by atoms with E-state index in [0.717, 1.165) is 24.2 Å². The lowest BCUT2D eigenvalue weighted by molar-refractivity contribution is -0.130. The van der Waals surface area contributed by atoms with E-state index in [2.05, 4.69) is 20.5 Å². The van der Waals surface area contributed by atoms with Crippen molar-refractivity contribution in [1.82, 2.24) is 20.4 Å². The van der Waals surface area contributed by atoms with Gasteiger partial charge in [0.25, 0.3) is 5.91 Å². The molecule has 32 heavy (non-hydrogen) atoms. The zero-order valence-corrected chi connectivity index (χ0v) is 18.4. The average Bonchev–Trinajstić information content (AvgIpc) is 2.81. The Bertz CT molecular complexity index is 1050. The van der Waals surface area contributed by atoms with Crippen LogP contribution >= 0.6 is 0 Å². The number of nitrogens with zero attached hydrogens (tertiary/aromatic N) is 4. The van der Waals surface area contributed by atoms with Gasteiger partial charge in [0.2, 0.25) is 5.91 Å². The molecule has 0 fully saturated rings. The molecule has 168 valence electrons. The van der Waals surface area contributed by atoms with Crippen molar-refractivity contribution in [2.75, 3.05) is 6.61 Å². The monoisotopic (exact) mass is 436 g/mol. The first kappa shape index (κ1) is 21.7. The van der Waals surface area contributed by atoms with Crippen molar-refractivity contribution in [2.24, 2.45) is 10.7 Å². The van der Waals surface area contributed by atoms with Gasteiger partial charge < -0.3 is 15.8 Å². The van der Waals surface area contributed by atoms with E-state index < -0.39 is 5.54 Å². The van der Waals surface area contributed by atoms with Crippen LogP contribution in [-0.2, 0) is 11.3 Å². The Kier molecular flexibility index (Phi) is 6.07. The molecule has 9 heteroatoms. The van der Waals surface area contributed by atoms with E-state index in [1.807, 2.05) is 38.1 Å². The Morgan fingerprint density at radius 3 is 2.84 bits per heavy atom. The molecule has 9 nitrogen and oxygen atoms in total. The summed E-state index contributed by atoms with van der Waals surface area (Å²) in [6.07, 6.45) is 3.89. The lowest BCUT2D eigenvalue weighted by Gasteiger charge is -2.36. The number of guanidine groups is 1. The molecule has 2 aliphatic heterocycles. The largest absolute Gasteiger partial charge is 0.493 e. The van der Waals surface area contributed by atoms with Crippen LogP contribution in [0, 0.1) is 0 Å². The van der Waals surface area contributed by atoms with Gasteiger partial charge in [-0.15, -0.1) is 0 Å². The molecule has 1 aromatic carbocycles. The molecule has 0 radical (unpaired) electrons. The third-order valence-corrected chi connectivity index (χ3v) is 6.28. The number of hydrogen-bond donors (Lipinski definition) is 2.